The van der Waals surface area contributed by atoms with Crippen LogP contribution in [0.1, 0.15) is 26.3 Å². The summed E-state index contributed by atoms with van der Waals surface area (Å²) in [5.41, 5.74) is 0.885. The predicted molar refractivity (Wildman–Crippen MR) is 102 cm³/mol. The van der Waals surface area contributed by atoms with E-state index in [1.165, 1.54) is 42.5 Å². The van der Waals surface area contributed by atoms with Crippen LogP contribution in [-0.4, -0.2) is 11.8 Å². The van der Waals surface area contributed by atoms with Crippen LogP contribution < -0.4 is 9.47 Å². The Labute approximate surface area is 164 Å². The molecule has 0 radical (unpaired) electrons. The normalized spacial score (nSPS) is 13.9. The van der Waals surface area contributed by atoms with Gasteiger partial charge in [0.05, 0.1) is 11.1 Å². The Hall–Kier alpha value is -3.44. The molecule has 0 atom stereocenters. The van der Waals surface area contributed by atoms with Gasteiger partial charge >= 0.3 is 5.97 Å². The highest BCUT2D eigenvalue weighted by molar-refractivity contribution is 6.30. The van der Waals surface area contributed by atoms with Gasteiger partial charge in [0.1, 0.15) is 17.3 Å². The Bertz CT molecular complexity index is 1140. The SMILES string of the molecule is O=C(Oc1ccc2c(c1)OC(=Cc1cccc(Cl)c1)C2=O)c1ccccc1F. The Morgan fingerprint density at radius 2 is 1.86 bits per heavy atom. The molecule has 3 aromatic rings. The third-order valence-electron chi connectivity index (χ3n) is 4.09. The molecule has 4 rings (SSSR count). The van der Waals surface area contributed by atoms with Crippen LogP contribution >= 0.6 is 11.6 Å². The van der Waals surface area contributed by atoms with Crippen molar-refractivity contribution in [3.63, 3.8) is 0 Å². The molecule has 1 heterocycles. The number of fused-ring (bicyclic) bond motifs is 1. The maximum absolute atomic E-state index is 13.7. The van der Waals surface area contributed by atoms with Crippen molar-refractivity contribution in [2.75, 3.05) is 0 Å². The molecule has 0 N–H and O–H groups in total. The molecule has 0 unspecified atom stereocenters. The molecule has 1 aliphatic rings. The maximum Gasteiger partial charge on any atom is 0.346 e. The second-order valence-corrected chi connectivity index (χ2v) is 6.46. The van der Waals surface area contributed by atoms with Crippen molar-refractivity contribution >= 4 is 29.4 Å². The van der Waals surface area contributed by atoms with Crippen molar-refractivity contribution < 1.29 is 23.5 Å². The standard InChI is InChI=1S/C22H12ClFO4/c23-14-5-3-4-13(10-14)11-20-21(25)17-9-8-15(12-19(17)28-20)27-22(26)16-6-1-2-7-18(16)24/h1-12H. The van der Waals surface area contributed by atoms with E-state index in [2.05, 4.69) is 0 Å². The van der Waals surface area contributed by atoms with E-state index in [-0.39, 0.29) is 28.6 Å². The molecule has 0 amide bonds. The van der Waals surface area contributed by atoms with Gasteiger partial charge in [0.2, 0.25) is 5.78 Å². The molecule has 0 saturated heterocycles. The third-order valence-corrected chi connectivity index (χ3v) is 4.33. The zero-order valence-corrected chi connectivity index (χ0v) is 15.1. The van der Waals surface area contributed by atoms with Crippen LogP contribution in [0.25, 0.3) is 6.08 Å². The summed E-state index contributed by atoms with van der Waals surface area (Å²) in [4.78, 5) is 24.6. The number of ether oxygens (including phenoxy) is 2. The number of carbonyl (C=O) groups excluding carboxylic acids is 2. The number of allylic oxidation sites excluding steroid dienone is 1. The fourth-order valence-corrected chi connectivity index (χ4v) is 2.97. The van der Waals surface area contributed by atoms with Gasteiger partial charge in [-0.05, 0) is 48.0 Å². The van der Waals surface area contributed by atoms with E-state index in [4.69, 9.17) is 21.1 Å². The quantitative estimate of drug-likeness (QED) is 0.343. The smallest absolute Gasteiger partial charge is 0.346 e. The highest BCUT2D eigenvalue weighted by Gasteiger charge is 2.28. The first kappa shape index (κ1) is 17.9. The van der Waals surface area contributed by atoms with Gasteiger partial charge < -0.3 is 9.47 Å². The second kappa shape index (κ2) is 7.29. The number of hydrogen-bond donors (Lipinski definition) is 0. The van der Waals surface area contributed by atoms with Crippen LogP contribution in [0.2, 0.25) is 5.02 Å². The molecule has 3 aromatic carbocycles. The van der Waals surface area contributed by atoms with Gasteiger partial charge in [0.25, 0.3) is 0 Å². The Kier molecular flexibility index (Phi) is 4.67. The number of Topliss-reactive ketones (excluding diaryl/α,β-unsaturated/α-hetero) is 1. The number of carbonyl (C=O) groups is 2. The van der Waals surface area contributed by atoms with Crippen LogP contribution in [0.5, 0.6) is 11.5 Å². The zero-order valence-electron chi connectivity index (χ0n) is 14.3. The average molecular weight is 395 g/mol. The molecule has 0 fully saturated rings. The Morgan fingerprint density at radius 1 is 1.04 bits per heavy atom. The average Bonchev–Trinajstić information content (AvgIpc) is 2.97. The van der Waals surface area contributed by atoms with Crippen molar-refractivity contribution in [1.29, 1.82) is 0 Å². The van der Waals surface area contributed by atoms with Crippen molar-refractivity contribution in [3.8, 4) is 11.5 Å². The number of esters is 1. The summed E-state index contributed by atoms with van der Waals surface area (Å²) in [7, 11) is 0. The Balaban J connectivity index is 1.57. The van der Waals surface area contributed by atoms with Crippen LogP contribution in [0.3, 0.4) is 0 Å². The van der Waals surface area contributed by atoms with Gasteiger partial charge in [0.15, 0.2) is 5.76 Å². The van der Waals surface area contributed by atoms with Crippen LogP contribution in [0.15, 0.2) is 72.5 Å². The largest absolute Gasteiger partial charge is 0.452 e. The minimum Gasteiger partial charge on any atom is -0.452 e. The fraction of sp³-hybridized carbons (Fsp3) is 0. The van der Waals surface area contributed by atoms with Gasteiger partial charge in [-0.15, -0.1) is 0 Å². The highest BCUT2D eigenvalue weighted by Crippen LogP contribution is 2.35. The summed E-state index contributed by atoms with van der Waals surface area (Å²) < 4.78 is 24.5. The number of hydrogen-bond acceptors (Lipinski definition) is 4. The first-order valence-corrected chi connectivity index (χ1v) is 8.69. The number of benzene rings is 3. The molecule has 0 aromatic heterocycles. The molecule has 28 heavy (non-hydrogen) atoms. The number of ketones is 1. The second-order valence-electron chi connectivity index (χ2n) is 6.02. The molecule has 0 spiro atoms. The van der Waals surface area contributed by atoms with Crippen molar-refractivity contribution in [2.24, 2.45) is 0 Å². The Morgan fingerprint density at radius 3 is 2.64 bits per heavy atom. The van der Waals surface area contributed by atoms with Crippen molar-refractivity contribution in [3.05, 3.63) is 100 Å². The fourth-order valence-electron chi connectivity index (χ4n) is 2.77. The summed E-state index contributed by atoms with van der Waals surface area (Å²) in [5.74, 6) is -1.26. The lowest BCUT2D eigenvalue weighted by molar-refractivity contribution is 0.0729. The van der Waals surface area contributed by atoms with Crippen LogP contribution in [0.4, 0.5) is 4.39 Å². The molecule has 0 bridgehead atoms. The molecule has 0 saturated carbocycles. The summed E-state index contributed by atoms with van der Waals surface area (Å²) in [6, 6.07) is 16.9. The molecule has 4 nitrogen and oxygen atoms in total. The van der Waals surface area contributed by atoms with E-state index in [9.17, 15) is 14.0 Å². The lowest BCUT2D eigenvalue weighted by Crippen LogP contribution is -2.10. The molecule has 0 aliphatic carbocycles. The van der Waals surface area contributed by atoms with Crippen LogP contribution in [-0.2, 0) is 0 Å². The van der Waals surface area contributed by atoms with Crippen LogP contribution in [0, 0.1) is 5.82 Å². The van der Waals surface area contributed by atoms with Crippen molar-refractivity contribution in [1.82, 2.24) is 0 Å². The molecular weight excluding hydrogens is 383 g/mol. The first-order chi connectivity index (χ1) is 13.5. The minimum atomic E-state index is -0.836. The third kappa shape index (κ3) is 3.52. The lowest BCUT2D eigenvalue weighted by Gasteiger charge is -2.06. The van der Waals surface area contributed by atoms with E-state index < -0.39 is 11.8 Å². The number of halogens is 2. The lowest BCUT2D eigenvalue weighted by atomic mass is 10.1. The van der Waals surface area contributed by atoms with Gasteiger partial charge in [-0.3, -0.25) is 4.79 Å². The predicted octanol–water partition coefficient (Wildman–Crippen LogP) is 5.31. The van der Waals surface area contributed by atoms with Gasteiger partial charge in [0, 0.05) is 11.1 Å². The van der Waals surface area contributed by atoms with Gasteiger partial charge in [-0.1, -0.05) is 35.9 Å². The number of rotatable bonds is 3. The van der Waals surface area contributed by atoms with Gasteiger partial charge in [-0.25, -0.2) is 9.18 Å². The van der Waals surface area contributed by atoms with Crippen molar-refractivity contribution in [2.45, 2.75) is 0 Å². The van der Waals surface area contributed by atoms with E-state index in [1.807, 2.05) is 0 Å². The monoisotopic (exact) mass is 394 g/mol. The summed E-state index contributed by atoms with van der Waals surface area (Å²) >= 11 is 5.96. The van der Waals surface area contributed by atoms with Gasteiger partial charge in [-0.2, -0.15) is 0 Å². The minimum absolute atomic E-state index is 0.134. The summed E-state index contributed by atoms with van der Waals surface area (Å²) in [5, 5.41) is 0.541. The summed E-state index contributed by atoms with van der Waals surface area (Å²) in [6.07, 6.45) is 1.58. The molecule has 6 heteroatoms. The topological polar surface area (TPSA) is 52.6 Å². The summed E-state index contributed by atoms with van der Waals surface area (Å²) in [6.45, 7) is 0. The molecule has 1 aliphatic heterocycles. The van der Waals surface area contributed by atoms with E-state index in [0.717, 1.165) is 5.56 Å². The zero-order chi connectivity index (χ0) is 19.7. The maximum atomic E-state index is 13.7. The van der Waals surface area contributed by atoms with E-state index in [0.29, 0.717) is 10.6 Å². The highest BCUT2D eigenvalue weighted by atomic mass is 35.5. The molecule has 138 valence electrons. The van der Waals surface area contributed by atoms with E-state index >= 15 is 0 Å². The molecular formula is C22H12ClFO4. The van der Waals surface area contributed by atoms with E-state index in [1.54, 1.807) is 30.3 Å². The first-order valence-electron chi connectivity index (χ1n) is 8.32.